The summed E-state index contributed by atoms with van der Waals surface area (Å²) in [5, 5.41) is 15.8. The Kier molecular flexibility index (Phi) is 3.73. The Morgan fingerprint density at radius 1 is 1.53 bits per heavy atom. The third kappa shape index (κ3) is 2.86. The number of likely N-dealkylation sites (tertiary alicyclic amines) is 1. The van der Waals surface area contributed by atoms with Gasteiger partial charge in [0.1, 0.15) is 6.04 Å². The van der Waals surface area contributed by atoms with Crippen LogP contribution in [0.1, 0.15) is 32.7 Å². The van der Waals surface area contributed by atoms with E-state index in [1.165, 1.54) is 4.90 Å². The summed E-state index contributed by atoms with van der Waals surface area (Å²) in [4.78, 5) is 24.4. The molecule has 1 aromatic rings. The van der Waals surface area contributed by atoms with Crippen LogP contribution in [0.4, 0.5) is 10.5 Å². The average molecular weight is 266 g/mol. The number of nitrogens with one attached hydrogen (secondary N) is 1. The van der Waals surface area contributed by atoms with Gasteiger partial charge < -0.3 is 15.3 Å². The molecular formula is C12H18N4O3. The standard InChI is InChI=1S/C12H18N4O3/c1-8(2)16-7-9(6-13-16)14-12(19)15-5-3-4-10(15)11(17)18/h6-8,10H,3-5H2,1-2H3,(H,14,19)(H,17,18). The largest absolute Gasteiger partial charge is 0.480 e. The molecule has 1 aliphatic rings. The zero-order valence-electron chi connectivity index (χ0n) is 11.0. The zero-order chi connectivity index (χ0) is 14.0. The minimum atomic E-state index is -0.953. The van der Waals surface area contributed by atoms with Crippen LogP contribution in [0.5, 0.6) is 0 Å². The first-order valence-electron chi connectivity index (χ1n) is 6.33. The Bertz CT molecular complexity index is 483. The van der Waals surface area contributed by atoms with Crippen LogP contribution < -0.4 is 5.32 Å². The SMILES string of the molecule is CC(C)n1cc(NC(=O)N2CCCC2C(=O)O)cn1. The molecule has 2 heterocycles. The molecule has 1 saturated heterocycles. The van der Waals surface area contributed by atoms with E-state index < -0.39 is 12.0 Å². The van der Waals surface area contributed by atoms with Gasteiger partial charge in [-0.05, 0) is 26.7 Å². The number of hydrogen-bond donors (Lipinski definition) is 2. The Morgan fingerprint density at radius 3 is 2.84 bits per heavy atom. The van der Waals surface area contributed by atoms with Crippen molar-refractivity contribution in [1.82, 2.24) is 14.7 Å². The molecule has 0 radical (unpaired) electrons. The monoisotopic (exact) mass is 266 g/mol. The number of carboxylic acid groups (broad SMARTS) is 1. The van der Waals surface area contributed by atoms with Crippen molar-refractivity contribution in [1.29, 1.82) is 0 Å². The van der Waals surface area contributed by atoms with E-state index in [0.29, 0.717) is 18.7 Å². The van der Waals surface area contributed by atoms with Crippen molar-refractivity contribution in [2.24, 2.45) is 0 Å². The molecule has 1 aliphatic heterocycles. The van der Waals surface area contributed by atoms with Gasteiger partial charge in [0.2, 0.25) is 0 Å². The fraction of sp³-hybridized carbons (Fsp3) is 0.583. The number of urea groups is 1. The lowest BCUT2D eigenvalue weighted by atomic mass is 10.2. The van der Waals surface area contributed by atoms with Crippen LogP contribution in [0.2, 0.25) is 0 Å². The number of amides is 2. The topological polar surface area (TPSA) is 87.5 Å². The second-order valence-electron chi connectivity index (χ2n) is 4.92. The number of hydrogen-bond acceptors (Lipinski definition) is 3. The van der Waals surface area contributed by atoms with Gasteiger partial charge in [0, 0.05) is 18.8 Å². The molecule has 0 spiro atoms. The Labute approximate surface area is 111 Å². The number of rotatable bonds is 3. The molecule has 1 aromatic heterocycles. The molecule has 0 saturated carbocycles. The first-order valence-corrected chi connectivity index (χ1v) is 6.33. The van der Waals surface area contributed by atoms with Gasteiger partial charge in [-0.3, -0.25) is 4.68 Å². The number of anilines is 1. The lowest BCUT2D eigenvalue weighted by Gasteiger charge is -2.21. The van der Waals surface area contributed by atoms with Crippen molar-refractivity contribution in [3.8, 4) is 0 Å². The summed E-state index contributed by atoms with van der Waals surface area (Å²) in [5.41, 5.74) is 0.578. The molecule has 0 aliphatic carbocycles. The van der Waals surface area contributed by atoms with E-state index in [0.717, 1.165) is 6.42 Å². The lowest BCUT2D eigenvalue weighted by Crippen LogP contribution is -2.42. The predicted molar refractivity (Wildman–Crippen MR) is 69.0 cm³/mol. The van der Waals surface area contributed by atoms with E-state index >= 15 is 0 Å². The Balaban J connectivity index is 2.02. The van der Waals surface area contributed by atoms with Crippen LogP contribution in [0.25, 0.3) is 0 Å². The van der Waals surface area contributed by atoms with Crippen LogP contribution in [-0.4, -0.2) is 44.4 Å². The average Bonchev–Trinajstić information content (AvgIpc) is 2.96. The summed E-state index contributed by atoms with van der Waals surface area (Å²) in [6.07, 6.45) is 4.52. The fourth-order valence-electron chi connectivity index (χ4n) is 2.15. The maximum atomic E-state index is 12.0. The number of nitrogens with zero attached hydrogens (tertiary/aromatic N) is 3. The highest BCUT2D eigenvalue weighted by molar-refractivity contribution is 5.92. The molecule has 2 rings (SSSR count). The van der Waals surface area contributed by atoms with Gasteiger partial charge in [0.05, 0.1) is 11.9 Å². The molecule has 19 heavy (non-hydrogen) atoms. The summed E-state index contributed by atoms with van der Waals surface area (Å²) in [7, 11) is 0. The first-order chi connectivity index (χ1) is 8.99. The molecule has 104 valence electrons. The quantitative estimate of drug-likeness (QED) is 0.868. The van der Waals surface area contributed by atoms with Crippen LogP contribution in [0, 0.1) is 0 Å². The van der Waals surface area contributed by atoms with Gasteiger partial charge in [0.15, 0.2) is 0 Å². The highest BCUT2D eigenvalue weighted by Gasteiger charge is 2.34. The van der Waals surface area contributed by atoms with Crippen molar-refractivity contribution in [3.63, 3.8) is 0 Å². The Morgan fingerprint density at radius 2 is 2.26 bits per heavy atom. The highest BCUT2D eigenvalue weighted by atomic mass is 16.4. The van der Waals surface area contributed by atoms with E-state index in [4.69, 9.17) is 5.11 Å². The van der Waals surface area contributed by atoms with E-state index in [-0.39, 0.29) is 12.1 Å². The van der Waals surface area contributed by atoms with E-state index in [2.05, 4.69) is 10.4 Å². The second-order valence-corrected chi connectivity index (χ2v) is 4.92. The van der Waals surface area contributed by atoms with Gasteiger partial charge in [-0.25, -0.2) is 9.59 Å². The molecule has 1 atom stereocenters. The maximum Gasteiger partial charge on any atom is 0.326 e. The molecule has 2 amide bonds. The Hall–Kier alpha value is -2.05. The van der Waals surface area contributed by atoms with E-state index in [1.807, 2.05) is 13.8 Å². The second kappa shape index (κ2) is 5.29. The molecule has 2 N–H and O–H groups in total. The highest BCUT2D eigenvalue weighted by Crippen LogP contribution is 2.19. The zero-order valence-corrected chi connectivity index (χ0v) is 11.0. The minimum absolute atomic E-state index is 0.212. The molecule has 7 nitrogen and oxygen atoms in total. The number of carboxylic acids is 1. The fourth-order valence-corrected chi connectivity index (χ4v) is 2.15. The molecular weight excluding hydrogens is 248 g/mol. The lowest BCUT2D eigenvalue weighted by molar-refractivity contribution is -0.141. The summed E-state index contributed by atoms with van der Waals surface area (Å²) in [6, 6.07) is -0.891. The molecule has 7 heteroatoms. The van der Waals surface area contributed by atoms with Crippen molar-refractivity contribution >= 4 is 17.7 Å². The van der Waals surface area contributed by atoms with Gasteiger partial charge in [-0.1, -0.05) is 0 Å². The summed E-state index contributed by atoms with van der Waals surface area (Å²) in [5.74, 6) is -0.953. The summed E-state index contributed by atoms with van der Waals surface area (Å²) >= 11 is 0. The normalized spacial score (nSPS) is 18.9. The van der Waals surface area contributed by atoms with Crippen LogP contribution in [0.15, 0.2) is 12.4 Å². The third-order valence-electron chi connectivity index (χ3n) is 3.18. The number of carbonyl (C=O) groups is 2. The smallest absolute Gasteiger partial charge is 0.326 e. The van der Waals surface area contributed by atoms with Gasteiger partial charge >= 0.3 is 12.0 Å². The number of carbonyl (C=O) groups excluding carboxylic acids is 1. The van der Waals surface area contributed by atoms with Crippen LogP contribution >= 0.6 is 0 Å². The van der Waals surface area contributed by atoms with Crippen molar-refractivity contribution in [2.45, 2.75) is 38.8 Å². The van der Waals surface area contributed by atoms with Gasteiger partial charge in [0.25, 0.3) is 0 Å². The van der Waals surface area contributed by atoms with Gasteiger partial charge in [-0.15, -0.1) is 0 Å². The van der Waals surface area contributed by atoms with Crippen molar-refractivity contribution in [2.75, 3.05) is 11.9 Å². The molecule has 1 unspecified atom stereocenters. The van der Waals surface area contributed by atoms with E-state index in [1.54, 1.807) is 17.1 Å². The number of aromatic nitrogens is 2. The number of aliphatic carboxylic acids is 1. The summed E-state index contributed by atoms with van der Waals surface area (Å²) < 4.78 is 1.73. The van der Waals surface area contributed by atoms with Crippen molar-refractivity contribution < 1.29 is 14.7 Å². The predicted octanol–water partition coefficient (Wildman–Crippen LogP) is 1.54. The summed E-state index contributed by atoms with van der Waals surface area (Å²) in [6.45, 7) is 4.44. The first kappa shape index (κ1) is 13.4. The van der Waals surface area contributed by atoms with Crippen LogP contribution in [0.3, 0.4) is 0 Å². The molecule has 0 aromatic carbocycles. The van der Waals surface area contributed by atoms with Gasteiger partial charge in [-0.2, -0.15) is 5.10 Å². The minimum Gasteiger partial charge on any atom is -0.480 e. The van der Waals surface area contributed by atoms with E-state index in [9.17, 15) is 9.59 Å². The maximum absolute atomic E-state index is 12.0. The molecule has 1 fully saturated rings. The van der Waals surface area contributed by atoms with Crippen molar-refractivity contribution in [3.05, 3.63) is 12.4 Å². The molecule has 0 bridgehead atoms. The third-order valence-corrected chi connectivity index (χ3v) is 3.18. The van der Waals surface area contributed by atoms with Crippen LogP contribution in [-0.2, 0) is 4.79 Å².